The molecule has 4 nitrogen and oxygen atoms in total. The number of esters is 1. The van der Waals surface area contributed by atoms with Crippen LogP contribution in [0, 0.1) is 5.92 Å². The molecular weight excluding hydrogens is 170 g/mol. The number of hydrogen-bond acceptors (Lipinski definition) is 4. The second kappa shape index (κ2) is 4.97. The minimum atomic E-state index is -0.435. The third-order valence-electron chi connectivity index (χ3n) is 2.30. The number of ether oxygens (including phenoxy) is 1. The Morgan fingerprint density at radius 2 is 2.31 bits per heavy atom. The molecule has 0 bridgehead atoms. The van der Waals surface area contributed by atoms with Crippen LogP contribution in [0.15, 0.2) is 0 Å². The van der Waals surface area contributed by atoms with E-state index in [2.05, 4.69) is 10.1 Å². The lowest BCUT2D eigenvalue weighted by atomic mass is 9.93. The van der Waals surface area contributed by atoms with E-state index in [1.54, 1.807) is 0 Å². The van der Waals surface area contributed by atoms with Gasteiger partial charge in [0.2, 0.25) is 0 Å². The first-order valence-corrected chi connectivity index (χ1v) is 4.54. The van der Waals surface area contributed by atoms with Gasteiger partial charge < -0.3 is 10.1 Å². The molecule has 1 fully saturated rings. The molecule has 0 saturated carbocycles. The van der Waals surface area contributed by atoms with Gasteiger partial charge in [-0.05, 0) is 19.4 Å². The van der Waals surface area contributed by atoms with E-state index in [1.807, 2.05) is 0 Å². The first-order valence-electron chi connectivity index (χ1n) is 4.54. The average Bonchev–Trinajstić information content (AvgIpc) is 2.19. The molecule has 1 unspecified atom stereocenters. The lowest BCUT2D eigenvalue weighted by molar-refractivity contribution is -0.144. The van der Waals surface area contributed by atoms with Crippen molar-refractivity contribution in [3.05, 3.63) is 0 Å². The van der Waals surface area contributed by atoms with Gasteiger partial charge in [0.1, 0.15) is 12.2 Å². The van der Waals surface area contributed by atoms with Crippen molar-refractivity contribution < 1.29 is 14.3 Å². The van der Waals surface area contributed by atoms with Gasteiger partial charge in [0.25, 0.3) is 0 Å². The number of carbonyl (C=O) groups excluding carboxylic acids is 2. The summed E-state index contributed by atoms with van der Waals surface area (Å²) in [7, 11) is 1.30. The molecule has 4 heteroatoms. The number of Topliss-reactive ketones (excluding diaryl/α,β-unsaturated/α-hetero) is 1. The molecular formula is C9H15NO3. The molecule has 74 valence electrons. The molecule has 1 aliphatic heterocycles. The number of ketones is 1. The maximum Gasteiger partial charge on any atom is 0.313 e. The van der Waals surface area contributed by atoms with E-state index in [9.17, 15) is 9.59 Å². The molecule has 0 radical (unpaired) electrons. The van der Waals surface area contributed by atoms with E-state index in [-0.39, 0.29) is 18.1 Å². The van der Waals surface area contributed by atoms with Crippen molar-refractivity contribution in [1.29, 1.82) is 0 Å². The van der Waals surface area contributed by atoms with Crippen molar-refractivity contribution in [3.8, 4) is 0 Å². The van der Waals surface area contributed by atoms with Crippen LogP contribution in [-0.4, -0.2) is 32.0 Å². The van der Waals surface area contributed by atoms with E-state index in [0.717, 1.165) is 19.4 Å². The monoisotopic (exact) mass is 185 g/mol. The predicted octanol–water partition coefficient (Wildman–Crippen LogP) is 0.118. The molecule has 1 saturated heterocycles. The summed E-state index contributed by atoms with van der Waals surface area (Å²) in [5.74, 6) is -0.428. The van der Waals surface area contributed by atoms with Crippen LogP contribution >= 0.6 is 0 Å². The van der Waals surface area contributed by atoms with Crippen LogP contribution in [0.1, 0.15) is 19.3 Å². The summed E-state index contributed by atoms with van der Waals surface area (Å²) in [4.78, 5) is 22.2. The van der Waals surface area contributed by atoms with Gasteiger partial charge in [-0.2, -0.15) is 0 Å². The van der Waals surface area contributed by atoms with Crippen LogP contribution in [0.3, 0.4) is 0 Å². The van der Waals surface area contributed by atoms with Gasteiger partial charge in [-0.3, -0.25) is 9.59 Å². The van der Waals surface area contributed by atoms with Crippen LogP contribution in [-0.2, 0) is 14.3 Å². The lowest BCUT2D eigenvalue weighted by Crippen LogP contribution is -2.35. The Morgan fingerprint density at radius 3 is 2.85 bits per heavy atom. The van der Waals surface area contributed by atoms with Gasteiger partial charge in [0.05, 0.1) is 7.11 Å². The number of nitrogens with one attached hydrogen (secondary N) is 1. The Balaban J connectivity index is 2.33. The molecule has 1 atom stereocenters. The first-order chi connectivity index (χ1) is 6.24. The molecule has 0 aromatic rings. The van der Waals surface area contributed by atoms with E-state index in [0.29, 0.717) is 6.54 Å². The topological polar surface area (TPSA) is 55.4 Å². The maximum atomic E-state index is 11.4. The summed E-state index contributed by atoms with van der Waals surface area (Å²) in [6, 6.07) is 0. The largest absolute Gasteiger partial charge is 0.469 e. The van der Waals surface area contributed by atoms with Gasteiger partial charge in [-0.1, -0.05) is 0 Å². The average molecular weight is 185 g/mol. The summed E-state index contributed by atoms with van der Waals surface area (Å²) in [5.41, 5.74) is 0. The van der Waals surface area contributed by atoms with E-state index >= 15 is 0 Å². The smallest absolute Gasteiger partial charge is 0.313 e. The second-order valence-electron chi connectivity index (χ2n) is 3.26. The predicted molar refractivity (Wildman–Crippen MR) is 47.2 cm³/mol. The standard InChI is InChI=1S/C9H15NO3/c1-13-9(12)5-8(11)7-3-2-4-10-6-7/h7,10H,2-6H2,1H3. The van der Waals surface area contributed by atoms with Crippen LogP contribution in [0.5, 0.6) is 0 Å². The normalized spacial score (nSPS) is 22.4. The zero-order valence-corrected chi connectivity index (χ0v) is 7.84. The molecule has 0 spiro atoms. The Bertz CT molecular complexity index is 197. The molecule has 13 heavy (non-hydrogen) atoms. The van der Waals surface area contributed by atoms with Gasteiger partial charge >= 0.3 is 5.97 Å². The molecule has 0 aromatic carbocycles. The van der Waals surface area contributed by atoms with Gasteiger partial charge in [-0.15, -0.1) is 0 Å². The Kier molecular flexibility index (Phi) is 3.89. The number of rotatable bonds is 3. The molecule has 1 aliphatic rings. The lowest BCUT2D eigenvalue weighted by Gasteiger charge is -2.20. The minimum Gasteiger partial charge on any atom is -0.469 e. The van der Waals surface area contributed by atoms with Crippen molar-refractivity contribution in [2.45, 2.75) is 19.3 Å². The third-order valence-corrected chi connectivity index (χ3v) is 2.30. The second-order valence-corrected chi connectivity index (χ2v) is 3.26. The van der Waals surface area contributed by atoms with Crippen LogP contribution in [0.4, 0.5) is 0 Å². The van der Waals surface area contributed by atoms with Crippen molar-refractivity contribution in [2.75, 3.05) is 20.2 Å². The molecule has 1 N–H and O–H groups in total. The number of piperidine rings is 1. The van der Waals surface area contributed by atoms with E-state index < -0.39 is 5.97 Å². The van der Waals surface area contributed by atoms with E-state index in [1.165, 1.54) is 7.11 Å². The summed E-state index contributed by atoms with van der Waals surface area (Å²) >= 11 is 0. The minimum absolute atomic E-state index is 0.000880. The van der Waals surface area contributed by atoms with Crippen molar-refractivity contribution in [3.63, 3.8) is 0 Å². The summed E-state index contributed by atoms with van der Waals surface area (Å²) in [6.45, 7) is 1.68. The van der Waals surface area contributed by atoms with Gasteiger partial charge in [-0.25, -0.2) is 0 Å². The fourth-order valence-corrected chi connectivity index (χ4v) is 1.49. The van der Waals surface area contributed by atoms with Gasteiger partial charge in [0.15, 0.2) is 0 Å². The third kappa shape index (κ3) is 3.14. The highest BCUT2D eigenvalue weighted by Gasteiger charge is 2.22. The van der Waals surface area contributed by atoms with Crippen LogP contribution < -0.4 is 5.32 Å². The number of hydrogen-bond donors (Lipinski definition) is 1. The number of carbonyl (C=O) groups is 2. The molecule has 0 amide bonds. The van der Waals surface area contributed by atoms with E-state index in [4.69, 9.17) is 0 Å². The summed E-state index contributed by atoms with van der Waals surface area (Å²) in [5, 5.41) is 3.13. The first kappa shape index (κ1) is 10.2. The Hall–Kier alpha value is -0.900. The van der Waals surface area contributed by atoms with Crippen molar-refractivity contribution in [2.24, 2.45) is 5.92 Å². The molecule has 0 aliphatic carbocycles. The highest BCUT2D eigenvalue weighted by molar-refractivity contribution is 5.96. The highest BCUT2D eigenvalue weighted by Crippen LogP contribution is 2.12. The maximum absolute atomic E-state index is 11.4. The van der Waals surface area contributed by atoms with Crippen molar-refractivity contribution >= 4 is 11.8 Å². The van der Waals surface area contributed by atoms with Crippen LogP contribution in [0.2, 0.25) is 0 Å². The highest BCUT2D eigenvalue weighted by atomic mass is 16.5. The quantitative estimate of drug-likeness (QED) is 0.501. The molecule has 0 aromatic heterocycles. The number of methoxy groups -OCH3 is 1. The zero-order chi connectivity index (χ0) is 9.68. The Labute approximate surface area is 77.6 Å². The Morgan fingerprint density at radius 1 is 1.54 bits per heavy atom. The molecule has 1 rings (SSSR count). The fourth-order valence-electron chi connectivity index (χ4n) is 1.49. The zero-order valence-electron chi connectivity index (χ0n) is 7.84. The fraction of sp³-hybridized carbons (Fsp3) is 0.778. The van der Waals surface area contributed by atoms with Crippen molar-refractivity contribution in [1.82, 2.24) is 5.32 Å². The summed E-state index contributed by atoms with van der Waals surface area (Å²) < 4.78 is 4.43. The molecule has 1 heterocycles. The van der Waals surface area contributed by atoms with Gasteiger partial charge in [0, 0.05) is 12.5 Å². The summed E-state index contributed by atoms with van der Waals surface area (Å²) in [6.07, 6.45) is 1.82. The SMILES string of the molecule is COC(=O)CC(=O)C1CCCNC1. The van der Waals surface area contributed by atoms with Crippen LogP contribution in [0.25, 0.3) is 0 Å².